The van der Waals surface area contributed by atoms with E-state index in [2.05, 4.69) is 5.32 Å². The van der Waals surface area contributed by atoms with E-state index in [4.69, 9.17) is 26.4 Å². The molecular formula is C17H24N2O5S. The van der Waals surface area contributed by atoms with Gasteiger partial charge >= 0.3 is 5.97 Å². The van der Waals surface area contributed by atoms with Gasteiger partial charge in [-0.2, -0.15) is 0 Å². The summed E-state index contributed by atoms with van der Waals surface area (Å²) in [5, 5.41) is 13.1. The minimum atomic E-state index is -0.511. The lowest BCUT2D eigenvalue weighted by molar-refractivity contribution is 0.0601. The first-order chi connectivity index (χ1) is 12.0. The molecule has 0 bridgehead atoms. The number of rotatable bonds is 5. The molecule has 1 aliphatic heterocycles. The van der Waals surface area contributed by atoms with Crippen LogP contribution in [0, 0.1) is 0 Å². The van der Waals surface area contributed by atoms with E-state index in [-0.39, 0.29) is 12.6 Å². The Kier molecular flexibility index (Phi) is 6.83. The first-order valence-corrected chi connectivity index (χ1v) is 8.49. The van der Waals surface area contributed by atoms with Gasteiger partial charge in [0, 0.05) is 18.7 Å². The summed E-state index contributed by atoms with van der Waals surface area (Å²) in [4.78, 5) is 14.1. The van der Waals surface area contributed by atoms with Crippen molar-refractivity contribution in [1.29, 1.82) is 0 Å². The normalized spacial score (nSPS) is 17.0. The van der Waals surface area contributed by atoms with Crippen molar-refractivity contribution in [2.75, 3.05) is 39.8 Å². The maximum absolute atomic E-state index is 12.1. The number of carbonyl (C=O) groups excluding carboxylic acids is 1. The van der Waals surface area contributed by atoms with Crippen molar-refractivity contribution in [1.82, 2.24) is 4.90 Å². The van der Waals surface area contributed by atoms with Crippen LogP contribution in [0.3, 0.4) is 0 Å². The van der Waals surface area contributed by atoms with Gasteiger partial charge in [-0.05, 0) is 31.5 Å². The van der Waals surface area contributed by atoms with Crippen molar-refractivity contribution in [3.05, 3.63) is 17.7 Å². The van der Waals surface area contributed by atoms with Crippen molar-refractivity contribution < 1.29 is 24.1 Å². The number of aliphatic hydroxyl groups is 1. The van der Waals surface area contributed by atoms with E-state index >= 15 is 0 Å². The van der Waals surface area contributed by atoms with Gasteiger partial charge in [0.05, 0.1) is 45.2 Å². The molecule has 1 atom stereocenters. The minimum Gasteiger partial charge on any atom is -0.493 e. The van der Waals surface area contributed by atoms with Crippen molar-refractivity contribution in [2.45, 2.75) is 25.3 Å². The Hall–Kier alpha value is -2.06. The Bertz CT molecular complexity index is 638. The average molecular weight is 368 g/mol. The molecule has 8 heteroatoms. The molecule has 0 amide bonds. The fourth-order valence-corrected chi connectivity index (χ4v) is 3.26. The van der Waals surface area contributed by atoms with Crippen molar-refractivity contribution in [3.8, 4) is 11.5 Å². The van der Waals surface area contributed by atoms with E-state index in [1.807, 2.05) is 4.90 Å². The second-order valence-electron chi connectivity index (χ2n) is 5.70. The predicted molar refractivity (Wildman–Crippen MR) is 98.5 cm³/mol. The number of benzene rings is 1. The first-order valence-electron chi connectivity index (χ1n) is 8.08. The third kappa shape index (κ3) is 4.32. The number of carbonyl (C=O) groups is 1. The van der Waals surface area contributed by atoms with E-state index in [0.29, 0.717) is 27.9 Å². The number of esters is 1. The van der Waals surface area contributed by atoms with Gasteiger partial charge in [-0.3, -0.25) is 0 Å². The smallest absolute Gasteiger partial charge is 0.340 e. The van der Waals surface area contributed by atoms with E-state index < -0.39 is 5.97 Å². The SMILES string of the molecule is COC(=O)c1cc(OC)c(OC)cc1NC(=S)N1CCCC[C@@H]1CO. The van der Waals surface area contributed by atoms with E-state index in [1.54, 1.807) is 12.1 Å². The zero-order chi connectivity index (χ0) is 18.4. The highest BCUT2D eigenvalue weighted by molar-refractivity contribution is 7.80. The summed E-state index contributed by atoms with van der Waals surface area (Å²) in [7, 11) is 4.33. The molecule has 1 aromatic rings. The average Bonchev–Trinajstić information content (AvgIpc) is 2.66. The zero-order valence-electron chi connectivity index (χ0n) is 14.7. The van der Waals surface area contributed by atoms with E-state index in [0.717, 1.165) is 25.8 Å². The standard InChI is InChI=1S/C17H24N2O5S/c1-22-14-8-12(16(21)24-3)13(9-15(14)23-2)18-17(25)19-7-5-4-6-11(19)10-20/h8-9,11,20H,4-7,10H2,1-3H3,(H,18,25)/t11-/m1/s1. The van der Waals surface area contributed by atoms with Gasteiger partial charge in [-0.15, -0.1) is 0 Å². The predicted octanol–water partition coefficient (Wildman–Crippen LogP) is 2.03. The molecule has 2 N–H and O–H groups in total. The van der Waals surface area contributed by atoms with Crippen LogP contribution < -0.4 is 14.8 Å². The molecule has 0 radical (unpaired) electrons. The second kappa shape index (κ2) is 8.87. The molecule has 25 heavy (non-hydrogen) atoms. The van der Waals surface area contributed by atoms with Crippen LogP contribution in [0.15, 0.2) is 12.1 Å². The lowest BCUT2D eigenvalue weighted by atomic mass is 10.0. The van der Waals surface area contributed by atoms with Crippen molar-refractivity contribution >= 4 is 29.0 Å². The summed E-state index contributed by atoms with van der Waals surface area (Å²) in [5.74, 6) is 0.381. The molecule has 2 rings (SSSR count). The maximum Gasteiger partial charge on any atom is 0.340 e. The van der Waals surface area contributed by atoms with E-state index in [1.165, 1.54) is 21.3 Å². The van der Waals surface area contributed by atoms with Crippen LogP contribution in [-0.4, -0.2) is 61.6 Å². The highest BCUT2D eigenvalue weighted by Crippen LogP contribution is 2.34. The minimum absolute atomic E-state index is 0.0181. The van der Waals surface area contributed by atoms with Crippen LogP contribution in [-0.2, 0) is 4.74 Å². The van der Waals surface area contributed by atoms with Crippen molar-refractivity contribution in [3.63, 3.8) is 0 Å². The number of methoxy groups -OCH3 is 3. The Labute approximate surface area is 152 Å². The molecule has 1 heterocycles. The molecule has 1 fully saturated rings. The van der Waals surface area contributed by atoms with Gasteiger partial charge in [0.2, 0.25) is 0 Å². The summed E-state index contributed by atoms with van der Waals surface area (Å²) in [6.07, 6.45) is 2.95. The molecule has 1 saturated heterocycles. The Morgan fingerprint density at radius 1 is 1.28 bits per heavy atom. The maximum atomic E-state index is 12.1. The fourth-order valence-electron chi connectivity index (χ4n) is 2.91. The van der Waals surface area contributed by atoms with Crippen LogP contribution in [0.1, 0.15) is 29.6 Å². The number of piperidine rings is 1. The number of aliphatic hydroxyl groups excluding tert-OH is 1. The molecule has 0 aliphatic carbocycles. The topological polar surface area (TPSA) is 80.3 Å². The van der Waals surface area contributed by atoms with Gasteiger partial charge in [0.1, 0.15) is 0 Å². The fraction of sp³-hybridized carbons (Fsp3) is 0.529. The zero-order valence-corrected chi connectivity index (χ0v) is 15.5. The van der Waals surface area contributed by atoms with Crippen LogP contribution in [0.5, 0.6) is 11.5 Å². The van der Waals surface area contributed by atoms with Crippen LogP contribution >= 0.6 is 12.2 Å². The van der Waals surface area contributed by atoms with E-state index in [9.17, 15) is 9.90 Å². The largest absolute Gasteiger partial charge is 0.493 e. The molecule has 138 valence electrons. The summed E-state index contributed by atoms with van der Waals surface area (Å²) >= 11 is 5.50. The highest BCUT2D eigenvalue weighted by atomic mass is 32.1. The molecule has 7 nitrogen and oxygen atoms in total. The number of nitrogens with zero attached hydrogens (tertiary/aromatic N) is 1. The van der Waals surface area contributed by atoms with Gasteiger partial charge < -0.3 is 29.5 Å². The third-order valence-electron chi connectivity index (χ3n) is 4.27. The monoisotopic (exact) mass is 368 g/mol. The molecule has 1 aromatic carbocycles. The summed E-state index contributed by atoms with van der Waals surface area (Å²) in [5.41, 5.74) is 0.761. The molecule has 0 unspecified atom stereocenters. The van der Waals surface area contributed by atoms with Crippen LogP contribution in [0.25, 0.3) is 0 Å². The van der Waals surface area contributed by atoms with Crippen molar-refractivity contribution in [2.24, 2.45) is 0 Å². The lowest BCUT2D eigenvalue weighted by Crippen LogP contribution is -2.47. The Morgan fingerprint density at radius 2 is 1.96 bits per heavy atom. The van der Waals surface area contributed by atoms with Crippen LogP contribution in [0.4, 0.5) is 5.69 Å². The highest BCUT2D eigenvalue weighted by Gasteiger charge is 2.25. The number of thiocarbonyl (C=S) groups is 1. The summed E-state index contributed by atoms with van der Waals surface area (Å²) in [6.45, 7) is 0.801. The van der Waals surface area contributed by atoms with Gasteiger partial charge in [-0.25, -0.2) is 4.79 Å². The molecular weight excluding hydrogens is 344 g/mol. The number of anilines is 1. The number of hydrogen-bond donors (Lipinski definition) is 2. The van der Waals surface area contributed by atoms with Gasteiger partial charge in [0.15, 0.2) is 16.6 Å². The Morgan fingerprint density at radius 3 is 2.56 bits per heavy atom. The number of likely N-dealkylation sites (tertiary alicyclic amines) is 1. The summed E-state index contributed by atoms with van der Waals surface area (Å²) < 4.78 is 15.4. The van der Waals surface area contributed by atoms with Crippen LogP contribution in [0.2, 0.25) is 0 Å². The third-order valence-corrected chi connectivity index (χ3v) is 4.61. The molecule has 0 aromatic heterocycles. The molecule has 0 spiro atoms. The van der Waals surface area contributed by atoms with Gasteiger partial charge in [0.25, 0.3) is 0 Å². The first kappa shape index (κ1) is 19.3. The quantitative estimate of drug-likeness (QED) is 0.604. The lowest BCUT2D eigenvalue weighted by Gasteiger charge is -2.36. The second-order valence-corrected chi connectivity index (χ2v) is 6.09. The molecule has 0 saturated carbocycles. The Balaban J connectivity index is 2.33. The molecule has 1 aliphatic rings. The summed E-state index contributed by atoms with van der Waals surface area (Å²) in [6, 6.07) is 3.18. The number of nitrogens with one attached hydrogen (secondary N) is 1. The number of ether oxygens (including phenoxy) is 3. The number of hydrogen-bond acceptors (Lipinski definition) is 6. The van der Waals surface area contributed by atoms with Gasteiger partial charge in [-0.1, -0.05) is 0 Å².